The van der Waals surface area contributed by atoms with Crippen LogP contribution in [0.25, 0.3) is 0 Å². The first kappa shape index (κ1) is 8.04. The van der Waals surface area contributed by atoms with Crippen molar-refractivity contribution in [3.63, 3.8) is 0 Å². The Kier molecular flexibility index (Phi) is 1.85. The molecule has 1 rings (SSSR count). The molecule has 0 aromatic carbocycles. The van der Waals surface area contributed by atoms with E-state index >= 15 is 0 Å². The quantitative estimate of drug-likeness (QED) is 0.501. The minimum absolute atomic E-state index is 0.0225. The molecule has 1 fully saturated rings. The molecule has 4 nitrogen and oxygen atoms in total. The lowest BCUT2D eigenvalue weighted by Crippen LogP contribution is -2.42. The Labute approximate surface area is 65.7 Å². The van der Waals surface area contributed by atoms with E-state index in [2.05, 4.69) is 0 Å². The molecular weight excluding hydrogens is 144 g/mol. The molecule has 1 saturated heterocycles. The van der Waals surface area contributed by atoms with Crippen molar-refractivity contribution in [2.75, 3.05) is 7.05 Å². The van der Waals surface area contributed by atoms with E-state index in [-0.39, 0.29) is 24.3 Å². The van der Waals surface area contributed by atoms with Gasteiger partial charge in [-0.25, -0.2) is 5.01 Å². The van der Waals surface area contributed by atoms with E-state index in [0.717, 1.165) is 0 Å². The first-order chi connectivity index (χ1) is 5.04. The first-order valence-corrected chi connectivity index (χ1v) is 3.62. The van der Waals surface area contributed by atoms with Crippen molar-refractivity contribution in [2.24, 2.45) is 0 Å². The van der Waals surface area contributed by atoms with Gasteiger partial charge in [0.15, 0.2) is 0 Å². The van der Waals surface area contributed by atoms with Crippen LogP contribution in [-0.4, -0.2) is 34.9 Å². The van der Waals surface area contributed by atoms with Crippen molar-refractivity contribution in [3.05, 3.63) is 0 Å². The maximum atomic E-state index is 11.1. The maximum absolute atomic E-state index is 11.1. The predicted molar refractivity (Wildman–Crippen MR) is 39.4 cm³/mol. The number of rotatable bonds is 1. The van der Waals surface area contributed by atoms with Gasteiger partial charge < -0.3 is 0 Å². The third kappa shape index (κ3) is 1.20. The molecule has 0 atom stereocenters. The number of hydrazine groups is 1. The van der Waals surface area contributed by atoms with Crippen molar-refractivity contribution in [3.8, 4) is 0 Å². The Morgan fingerprint density at radius 2 is 1.82 bits per heavy atom. The second-order valence-corrected chi connectivity index (χ2v) is 2.93. The molecule has 62 valence electrons. The van der Waals surface area contributed by atoms with Crippen LogP contribution in [-0.2, 0) is 9.59 Å². The number of amides is 2. The normalized spacial score (nSPS) is 18.9. The zero-order valence-electron chi connectivity index (χ0n) is 7.00. The minimum Gasteiger partial charge on any atom is -0.272 e. The van der Waals surface area contributed by atoms with Gasteiger partial charge in [-0.2, -0.15) is 0 Å². The highest BCUT2D eigenvalue weighted by molar-refractivity contribution is 6.02. The number of hydrogen-bond acceptors (Lipinski definition) is 2. The van der Waals surface area contributed by atoms with Crippen LogP contribution in [0.1, 0.15) is 20.3 Å². The van der Waals surface area contributed by atoms with E-state index in [1.54, 1.807) is 7.05 Å². The molecule has 1 heterocycles. The number of carbonyl (C=O) groups is 2. The summed E-state index contributed by atoms with van der Waals surface area (Å²) < 4.78 is 0. The van der Waals surface area contributed by atoms with Crippen LogP contribution < -0.4 is 0 Å². The zero-order valence-corrected chi connectivity index (χ0v) is 7.00. The lowest BCUT2D eigenvalue weighted by atomic mass is 10.3. The number of hydrogen-bond donors (Lipinski definition) is 0. The highest BCUT2D eigenvalue weighted by Gasteiger charge is 2.34. The Balaban J connectivity index is 2.79. The second-order valence-electron chi connectivity index (χ2n) is 2.93. The Morgan fingerprint density at radius 1 is 1.27 bits per heavy atom. The van der Waals surface area contributed by atoms with Gasteiger partial charge in [0.05, 0.1) is 0 Å². The molecule has 11 heavy (non-hydrogen) atoms. The zero-order chi connectivity index (χ0) is 8.59. The fraction of sp³-hybridized carbons (Fsp3) is 0.714. The van der Waals surface area contributed by atoms with E-state index in [1.807, 2.05) is 13.8 Å². The molecule has 4 heteroatoms. The molecule has 1 aliphatic rings. The summed E-state index contributed by atoms with van der Waals surface area (Å²) in [5.41, 5.74) is 0. The molecule has 0 spiro atoms. The van der Waals surface area contributed by atoms with Crippen molar-refractivity contribution >= 4 is 11.8 Å². The maximum Gasteiger partial charge on any atom is 0.250 e. The van der Waals surface area contributed by atoms with Crippen LogP contribution in [0.15, 0.2) is 0 Å². The van der Waals surface area contributed by atoms with E-state index in [4.69, 9.17) is 0 Å². The van der Waals surface area contributed by atoms with Crippen molar-refractivity contribution < 1.29 is 9.59 Å². The van der Waals surface area contributed by atoms with E-state index in [1.165, 1.54) is 10.0 Å². The molecular formula is C7H12N2O2. The van der Waals surface area contributed by atoms with Gasteiger partial charge in [-0.15, -0.1) is 0 Å². The average Bonchev–Trinajstić information content (AvgIpc) is 2.07. The number of nitrogens with zero attached hydrogens (tertiary/aromatic N) is 2. The van der Waals surface area contributed by atoms with E-state index in [0.29, 0.717) is 0 Å². The smallest absolute Gasteiger partial charge is 0.250 e. The minimum atomic E-state index is -0.122. The highest BCUT2D eigenvalue weighted by Crippen LogP contribution is 2.14. The van der Waals surface area contributed by atoms with Gasteiger partial charge in [0.2, 0.25) is 5.91 Å². The second kappa shape index (κ2) is 2.53. The van der Waals surface area contributed by atoms with Gasteiger partial charge in [-0.05, 0) is 13.8 Å². The monoisotopic (exact) mass is 156 g/mol. The molecule has 2 amide bonds. The molecule has 0 saturated carbocycles. The van der Waals surface area contributed by atoms with Crippen LogP contribution in [0.4, 0.5) is 0 Å². The summed E-state index contributed by atoms with van der Waals surface area (Å²) in [4.78, 5) is 22.1. The van der Waals surface area contributed by atoms with Gasteiger partial charge in [-0.3, -0.25) is 14.6 Å². The lowest BCUT2D eigenvalue weighted by molar-refractivity contribution is -0.147. The molecule has 0 unspecified atom stereocenters. The number of carbonyl (C=O) groups excluding carboxylic acids is 2. The lowest BCUT2D eigenvalue weighted by Gasteiger charge is -2.27. The van der Waals surface area contributed by atoms with Gasteiger partial charge in [0, 0.05) is 13.1 Å². The molecule has 0 radical (unpaired) electrons. The fourth-order valence-electron chi connectivity index (χ4n) is 1.25. The van der Waals surface area contributed by atoms with Crippen molar-refractivity contribution in [1.82, 2.24) is 10.0 Å². The summed E-state index contributed by atoms with van der Waals surface area (Å²) >= 11 is 0. The highest BCUT2D eigenvalue weighted by atomic mass is 16.2. The molecule has 0 bridgehead atoms. The standard InChI is InChI=1S/C7H12N2O2/c1-5(2)9-7(11)4-6(10)8(9)3/h5H,4H2,1-3H3. The average molecular weight is 156 g/mol. The Bertz CT molecular complexity index is 201. The van der Waals surface area contributed by atoms with E-state index in [9.17, 15) is 9.59 Å². The first-order valence-electron chi connectivity index (χ1n) is 3.62. The van der Waals surface area contributed by atoms with Gasteiger partial charge >= 0.3 is 0 Å². The Morgan fingerprint density at radius 3 is 2.00 bits per heavy atom. The van der Waals surface area contributed by atoms with Crippen LogP contribution in [0.2, 0.25) is 0 Å². The molecule has 0 aliphatic carbocycles. The van der Waals surface area contributed by atoms with E-state index < -0.39 is 0 Å². The summed E-state index contributed by atoms with van der Waals surface area (Å²) in [6.07, 6.45) is 0.0225. The van der Waals surface area contributed by atoms with Crippen LogP contribution in [0.3, 0.4) is 0 Å². The van der Waals surface area contributed by atoms with Crippen molar-refractivity contribution in [1.29, 1.82) is 0 Å². The fourth-order valence-corrected chi connectivity index (χ4v) is 1.25. The third-order valence-corrected chi connectivity index (χ3v) is 1.73. The Hall–Kier alpha value is -1.06. The van der Waals surface area contributed by atoms with Gasteiger partial charge in [-0.1, -0.05) is 0 Å². The summed E-state index contributed by atoms with van der Waals surface area (Å²) in [5.74, 6) is -0.226. The largest absolute Gasteiger partial charge is 0.272 e. The van der Waals surface area contributed by atoms with Crippen LogP contribution >= 0.6 is 0 Å². The third-order valence-electron chi connectivity index (χ3n) is 1.73. The van der Waals surface area contributed by atoms with Crippen LogP contribution in [0, 0.1) is 0 Å². The summed E-state index contributed by atoms with van der Waals surface area (Å²) in [6.45, 7) is 3.76. The SMILES string of the molecule is CC(C)N1C(=O)CC(=O)N1C. The topological polar surface area (TPSA) is 40.6 Å². The van der Waals surface area contributed by atoms with Crippen LogP contribution in [0.5, 0.6) is 0 Å². The molecule has 0 N–H and O–H groups in total. The summed E-state index contributed by atoms with van der Waals surface area (Å²) in [5, 5.41) is 2.86. The molecule has 1 aliphatic heterocycles. The van der Waals surface area contributed by atoms with Gasteiger partial charge in [0.25, 0.3) is 5.91 Å². The summed E-state index contributed by atoms with van der Waals surface area (Å²) in [7, 11) is 1.62. The van der Waals surface area contributed by atoms with Gasteiger partial charge in [0.1, 0.15) is 6.42 Å². The molecule has 0 aromatic heterocycles. The predicted octanol–water partition coefficient (Wildman–Crippen LogP) is 0.000500. The summed E-state index contributed by atoms with van der Waals surface area (Å²) in [6, 6.07) is 0.0685. The van der Waals surface area contributed by atoms with Crippen molar-refractivity contribution in [2.45, 2.75) is 26.3 Å². The molecule has 0 aromatic rings.